The summed E-state index contributed by atoms with van der Waals surface area (Å²) in [4.78, 5) is 16.2. The molecule has 27 heavy (non-hydrogen) atoms. The molecule has 1 saturated heterocycles. The number of rotatable bonds is 6. The van der Waals surface area contributed by atoms with Crippen molar-refractivity contribution in [3.8, 4) is 5.75 Å². The first-order valence-electron chi connectivity index (χ1n) is 8.18. The van der Waals surface area contributed by atoms with Gasteiger partial charge in [-0.2, -0.15) is 4.31 Å². The number of benzene rings is 1. The lowest BCUT2D eigenvalue weighted by Crippen LogP contribution is -2.40. The molecule has 1 aromatic carbocycles. The van der Waals surface area contributed by atoms with E-state index in [1.165, 1.54) is 16.4 Å². The number of amides is 1. The van der Waals surface area contributed by atoms with Crippen molar-refractivity contribution in [3.63, 3.8) is 0 Å². The van der Waals surface area contributed by atoms with Crippen molar-refractivity contribution in [3.05, 3.63) is 47.2 Å². The van der Waals surface area contributed by atoms with Gasteiger partial charge in [0.2, 0.25) is 10.0 Å². The molecule has 1 fully saturated rings. The van der Waals surface area contributed by atoms with E-state index in [0.29, 0.717) is 42.3 Å². The van der Waals surface area contributed by atoms with Crippen molar-refractivity contribution in [1.29, 1.82) is 0 Å². The summed E-state index contributed by atoms with van der Waals surface area (Å²) >= 11 is 3.23. The summed E-state index contributed by atoms with van der Waals surface area (Å²) in [6.45, 7) is 1.14. The number of nitrogens with one attached hydrogen (secondary N) is 1. The molecule has 0 atom stereocenters. The normalized spacial score (nSPS) is 15.3. The third-order valence-corrected chi connectivity index (χ3v) is 6.30. The molecule has 1 aromatic heterocycles. The van der Waals surface area contributed by atoms with Crippen LogP contribution < -0.4 is 10.1 Å². The summed E-state index contributed by atoms with van der Waals surface area (Å²) in [6, 6.07) is 9.52. The molecule has 0 bridgehead atoms. The van der Waals surface area contributed by atoms with Gasteiger partial charge in [0.25, 0.3) is 5.91 Å². The Balaban J connectivity index is 1.65. The number of hydrogen-bond acceptors (Lipinski definition) is 6. The first-order chi connectivity index (χ1) is 13.0. The van der Waals surface area contributed by atoms with Crippen LogP contribution in [0.5, 0.6) is 5.75 Å². The largest absolute Gasteiger partial charge is 0.481 e. The quantitative estimate of drug-likeness (QED) is 0.667. The highest BCUT2D eigenvalue weighted by atomic mass is 79.9. The molecule has 1 aliphatic heterocycles. The van der Waals surface area contributed by atoms with Gasteiger partial charge < -0.3 is 14.8 Å². The van der Waals surface area contributed by atoms with Crippen LogP contribution in [0.3, 0.4) is 0 Å². The molecule has 144 valence electrons. The molecule has 0 aliphatic carbocycles. The number of nitrogens with zero attached hydrogens (tertiary/aromatic N) is 2. The van der Waals surface area contributed by atoms with E-state index in [1.807, 2.05) is 0 Å². The van der Waals surface area contributed by atoms with Crippen molar-refractivity contribution < 1.29 is 22.7 Å². The number of ether oxygens (including phenoxy) is 2. The van der Waals surface area contributed by atoms with E-state index < -0.39 is 15.9 Å². The van der Waals surface area contributed by atoms with Crippen LogP contribution in [0.1, 0.15) is 0 Å². The number of carbonyl (C=O) groups excluding carboxylic acids is 1. The van der Waals surface area contributed by atoms with Crippen LogP contribution in [-0.2, 0) is 19.6 Å². The predicted octanol–water partition coefficient (Wildman–Crippen LogP) is 1.88. The van der Waals surface area contributed by atoms with E-state index in [1.54, 1.807) is 30.5 Å². The molecule has 0 radical (unpaired) electrons. The van der Waals surface area contributed by atoms with Crippen molar-refractivity contribution in [2.45, 2.75) is 4.90 Å². The molecule has 2 aromatic rings. The van der Waals surface area contributed by atoms with Gasteiger partial charge in [0.1, 0.15) is 4.60 Å². The number of sulfonamides is 1. The second-order valence-corrected chi connectivity index (χ2v) is 8.36. The van der Waals surface area contributed by atoms with Crippen LogP contribution in [0.4, 0.5) is 5.69 Å². The molecule has 0 saturated carbocycles. The smallest absolute Gasteiger partial charge is 0.262 e. The van der Waals surface area contributed by atoms with Crippen molar-refractivity contribution in [2.24, 2.45) is 0 Å². The summed E-state index contributed by atoms with van der Waals surface area (Å²) in [7, 11) is -3.62. The average Bonchev–Trinajstić information content (AvgIpc) is 2.68. The Morgan fingerprint density at radius 2 is 2.04 bits per heavy atom. The van der Waals surface area contributed by atoms with E-state index in [0.717, 1.165) is 0 Å². The highest BCUT2D eigenvalue weighted by Gasteiger charge is 2.26. The molecule has 10 heteroatoms. The standard InChI is InChI=1S/C17H18BrN3O5S/c18-17-15(5-2-6-19-17)26-12-16(22)20-13-3-1-4-14(11-13)27(23,24)21-7-9-25-10-8-21/h1-6,11H,7-10,12H2,(H,20,22). The number of halogens is 1. The summed E-state index contributed by atoms with van der Waals surface area (Å²) in [5.74, 6) is 0.0305. The van der Waals surface area contributed by atoms with Crippen LogP contribution in [0, 0.1) is 0 Å². The number of hydrogen-bond donors (Lipinski definition) is 1. The van der Waals surface area contributed by atoms with E-state index in [2.05, 4.69) is 26.2 Å². The zero-order chi connectivity index (χ0) is 19.3. The van der Waals surface area contributed by atoms with Crippen LogP contribution in [0.15, 0.2) is 52.1 Å². The van der Waals surface area contributed by atoms with E-state index in [9.17, 15) is 13.2 Å². The molecular formula is C17H18BrN3O5S. The molecule has 0 unspecified atom stereocenters. The number of anilines is 1. The Hall–Kier alpha value is -2.01. The zero-order valence-electron chi connectivity index (χ0n) is 14.3. The molecule has 2 heterocycles. The third kappa shape index (κ3) is 5.04. The number of pyridine rings is 1. The molecule has 1 amide bonds. The monoisotopic (exact) mass is 455 g/mol. The Labute approximate surface area is 165 Å². The van der Waals surface area contributed by atoms with Gasteiger partial charge in [0.05, 0.1) is 18.1 Å². The summed E-state index contributed by atoms with van der Waals surface area (Å²) < 4.78 is 37.9. The lowest BCUT2D eigenvalue weighted by Gasteiger charge is -2.26. The van der Waals surface area contributed by atoms with Gasteiger partial charge in [-0.05, 0) is 46.3 Å². The number of morpholine rings is 1. The van der Waals surface area contributed by atoms with E-state index >= 15 is 0 Å². The second kappa shape index (κ2) is 8.79. The van der Waals surface area contributed by atoms with E-state index in [4.69, 9.17) is 9.47 Å². The Bertz CT molecular complexity index is 916. The maximum absolute atomic E-state index is 12.7. The van der Waals surface area contributed by atoms with Gasteiger partial charge >= 0.3 is 0 Å². The molecule has 1 aliphatic rings. The Morgan fingerprint density at radius 3 is 2.78 bits per heavy atom. The zero-order valence-corrected chi connectivity index (χ0v) is 16.7. The van der Waals surface area contributed by atoms with Gasteiger partial charge in [-0.25, -0.2) is 13.4 Å². The Kier molecular flexibility index (Phi) is 6.42. The highest BCUT2D eigenvalue weighted by molar-refractivity contribution is 9.10. The molecule has 8 nitrogen and oxygen atoms in total. The lowest BCUT2D eigenvalue weighted by molar-refractivity contribution is -0.118. The summed E-state index contributed by atoms with van der Waals surface area (Å²) in [5, 5.41) is 2.64. The van der Waals surface area contributed by atoms with Crippen molar-refractivity contribution in [1.82, 2.24) is 9.29 Å². The van der Waals surface area contributed by atoms with E-state index in [-0.39, 0.29) is 11.5 Å². The minimum atomic E-state index is -3.62. The van der Waals surface area contributed by atoms with Crippen LogP contribution >= 0.6 is 15.9 Å². The first kappa shape index (κ1) is 19.7. The molecule has 1 N–H and O–H groups in total. The second-order valence-electron chi connectivity index (χ2n) is 5.67. The predicted molar refractivity (Wildman–Crippen MR) is 102 cm³/mol. The Morgan fingerprint density at radius 1 is 1.26 bits per heavy atom. The van der Waals surface area contributed by atoms with Crippen LogP contribution in [0.2, 0.25) is 0 Å². The fraction of sp³-hybridized carbons (Fsp3) is 0.294. The van der Waals surface area contributed by atoms with Gasteiger partial charge in [0, 0.05) is 25.0 Å². The average molecular weight is 456 g/mol. The van der Waals surface area contributed by atoms with Gasteiger partial charge in [-0.1, -0.05) is 6.07 Å². The highest BCUT2D eigenvalue weighted by Crippen LogP contribution is 2.22. The maximum atomic E-state index is 12.7. The fourth-order valence-corrected chi connectivity index (χ4v) is 4.31. The fourth-order valence-electron chi connectivity index (χ4n) is 2.49. The summed E-state index contributed by atoms with van der Waals surface area (Å²) in [6.07, 6.45) is 1.59. The maximum Gasteiger partial charge on any atom is 0.262 e. The summed E-state index contributed by atoms with van der Waals surface area (Å²) in [5.41, 5.74) is 0.378. The van der Waals surface area contributed by atoms with Gasteiger partial charge in [-0.3, -0.25) is 4.79 Å². The molecule has 0 spiro atoms. The molecule has 3 rings (SSSR count). The topological polar surface area (TPSA) is 97.8 Å². The van der Waals surface area contributed by atoms with Crippen molar-refractivity contribution in [2.75, 3.05) is 38.2 Å². The van der Waals surface area contributed by atoms with Crippen molar-refractivity contribution >= 4 is 37.5 Å². The minimum Gasteiger partial charge on any atom is -0.481 e. The first-order valence-corrected chi connectivity index (χ1v) is 10.4. The SMILES string of the molecule is O=C(COc1cccnc1Br)Nc1cccc(S(=O)(=O)N2CCOCC2)c1. The minimum absolute atomic E-state index is 0.123. The third-order valence-electron chi connectivity index (χ3n) is 3.81. The van der Waals surface area contributed by atoms with Gasteiger partial charge in [-0.15, -0.1) is 0 Å². The lowest BCUT2D eigenvalue weighted by atomic mass is 10.3. The number of aromatic nitrogens is 1. The van der Waals surface area contributed by atoms with Crippen LogP contribution in [-0.4, -0.2) is 56.5 Å². The van der Waals surface area contributed by atoms with Crippen LogP contribution in [0.25, 0.3) is 0 Å². The number of carbonyl (C=O) groups is 1. The van der Waals surface area contributed by atoms with Gasteiger partial charge in [0.15, 0.2) is 12.4 Å². The molecular weight excluding hydrogens is 438 g/mol.